The summed E-state index contributed by atoms with van der Waals surface area (Å²) in [6, 6.07) is 5.69. The van der Waals surface area contributed by atoms with Crippen LogP contribution >= 0.6 is 35.0 Å². The molecule has 2 rings (SSSR count). The minimum atomic E-state index is 0.0801. The molecule has 1 aliphatic heterocycles. The quantitative estimate of drug-likeness (QED) is 0.595. The molecule has 1 fully saturated rings. The molecule has 0 saturated carbocycles. The van der Waals surface area contributed by atoms with Crippen LogP contribution in [0.2, 0.25) is 10.0 Å². The Morgan fingerprint density at radius 3 is 2.71 bits per heavy atom. The predicted octanol–water partition coefficient (Wildman–Crippen LogP) is 3.87. The lowest BCUT2D eigenvalue weighted by Crippen LogP contribution is -2.07. The second kappa shape index (κ2) is 3.93. The minimum Gasteiger partial charge on any atom is -0.369 e. The van der Waals surface area contributed by atoms with Gasteiger partial charge in [0.05, 0.1) is 22.3 Å². The molecule has 0 radical (unpaired) electrons. The van der Waals surface area contributed by atoms with E-state index in [4.69, 9.17) is 27.9 Å². The molecule has 4 heteroatoms. The highest BCUT2D eigenvalue weighted by Gasteiger charge is 2.38. The summed E-state index contributed by atoms with van der Waals surface area (Å²) in [4.78, 5) is 1.14. The molecule has 1 atom stereocenters. The van der Waals surface area contributed by atoms with E-state index in [1.165, 1.54) is 0 Å². The molecule has 1 unspecified atom stereocenters. The SMILES string of the molecule is CC1(CSc2ccc(Cl)c(Cl)c2)CO1. The van der Waals surface area contributed by atoms with Crippen molar-refractivity contribution in [2.75, 3.05) is 12.4 Å². The van der Waals surface area contributed by atoms with Gasteiger partial charge in [0.15, 0.2) is 0 Å². The van der Waals surface area contributed by atoms with Crippen LogP contribution in [0.15, 0.2) is 23.1 Å². The molecule has 0 N–H and O–H groups in total. The van der Waals surface area contributed by atoms with Gasteiger partial charge in [-0.25, -0.2) is 0 Å². The fourth-order valence-electron chi connectivity index (χ4n) is 1.01. The lowest BCUT2D eigenvalue weighted by molar-refractivity contribution is 0.348. The highest BCUT2D eigenvalue weighted by Crippen LogP contribution is 2.35. The maximum Gasteiger partial charge on any atom is 0.0981 e. The van der Waals surface area contributed by atoms with Gasteiger partial charge in [-0.1, -0.05) is 23.2 Å². The Bertz CT molecular complexity index is 350. The second-order valence-electron chi connectivity index (χ2n) is 3.60. The lowest BCUT2D eigenvalue weighted by atomic mass is 10.3. The van der Waals surface area contributed by atoms with Gasteiger partial charge in [-0.3, -0.25) is 0 Å². The maximum atomic E-state index is 5.90. The van der Waals surface area contributed by atoms with Crippen molar-refractivity contribution in [1.29, 1.82) is 0 Å². The topological polar surface area (TPSA) is 12.5 Å². The number of rotatable bonds is 3. The third-order valence-electron chi connectivity index (χ3n) is 2.07. The standard InChI is InChI=1S/C10H10Cl2OS/c1-10(5-13-10)6-14-7-2-3-8(11)9(12)4-7/h2-4H,5-6H2,1H3. The fourth-order valence-corrected chi connectivity index (χ4v) is 2.38. The number of hydrogen-bond donors (Lipinski definition) is 0. The van der Waals surface area contributed by atoms with Gasteiger partial charge in [0.25, 0.3) is 0 Å². The summed E-state index contributed by atoms with van der Waals surface area (Å²) in [6.45, 7) is 2.97. The first-order valence-corrected chi connectivity index (χ1v) is 6.05. The van der Waals surface area contributed by atoms with Crippen molar-refractivity contribution in [3.63, 3.8) is 0 Å². The third-order valence-corrected chi connectivity index (χ3v) is 4.15. The molecule has 0 aromatic heterocycles. The molecule has 1 aliphatic rings. The second-order valence-corrected chi connectivity index (χ2v) is 5.47. The van der Waals surface area contributed by atoms with Gasteiger partial charge in [-0.2, -0.15) is 0 Å². The molecular weight excluding hydrogens is 239 g/mol. The van der Waals surface area contributed by atoms with Crippen LogP contribution in [0.4, 0.5) is 0 Å². The third kappa shape index (κ3) is 2.57. The van der Waals surface area contributed by atoms with Crippen LogP contribution in [0, 0.1) is 0 Å². The monoisotopic (exact) mass is 248 g/mol. The van der Waals surface area contributed by atoms with Gasteiger partial charge >= 0.3 is 0 Å². The first-order chi connectivity index (χ1) is 6.59. The van der Waals surface area contributed by atoms with Crippen LogP contribution in [0.1, 0.15) is 6.92 Å². The number of thioether (sulfide) groups is 1. The first-order valence-electron chi connectivity index (χ1n) is 4.31. The molecule has 1 aromatic rings. The zero-order valence-electron chi connectivity index (χ0n) is 7.72. The largest absolute Gasteiger partial charge is 0.369 e. The Morgan fingerprint density at radius 2 is 2.14 bits per heavy atom. The number of hydrogen-bond acceptors (Lipinski definition) is 2. The van der Waals surface area contributed by atoms with E-state index >= 15 is 0 Å². The molecule has 76 valence electrons. The fraction of sp³-hybridized carbons (Fsp3) is 0.400. The van der Waals surface area contributed by atoms with Crippen molar-refractivity contribution in [2.24, 2.45) is 0 Å². The van der Waals surface area contributed by atoms with Gasteiger partial charge in [0.2, 0.25) is 0 Å². The van der Waals surface area contributed by atoms with Gasteiger partial charge in [0, 0.05) is 10.6 Å². The zero-order chi connectivity index (χ0) is 10.2. The van der Waals surface area contributed by atoms with Gasteiger partial charge in [0.1, 0.15) is 0 Å². The lowest BCUT2D eigenvalue weighted by Gasteiger charge is -2.05. The van der Waals surface area contributed by atoms with E-state index in [2.05, 4.69) is 6.92 Å². The molecule has 14 heavy (non-hydrogen) atoms. The molecule has 1 nitrogen and oxygen atoms in total. The van der Waals surface area contributed by atoms with Gasteiger partial charge in [-0.05, 0) is 25.1 Å². The van der Waals surface area contributed by atoms with Crippen LogP contribution in [-0.4, -0.2) is 18.0 Å². The van der Waals surface area contributed by atoms with Crippen LogP contribution < -0.4 is 0 Å². The average Bonchev–Trinajstić information content (AvgIpc) is 2.87. The van der Waals surface area contributed by atoms with Crippen LogP contribution in [0.25, 0.3) is 0 Å². The molecule has 0 aliphatic carbocycles. The molecular formula is C10H10Cl2OS. The maximum absolute atomic E-state index is 5.90. The Hall–Kier alpha value is 0.110. The molecule has 0 amide bonds. The van der Waals surface area contributed by atoms with Crippen molar-refractivity contribution >= 4 is 35.0 Å². The number of ether oxygens (including phenoxy) is 1. The number of halogens is 2. The van der Waals surface area contributed by atoms with Crippen LogP contribution in [0.3, 0.4) is 0 Å². The van der Waals surface area contributed by atoms with Gasteiger partial charge in [-0.15, -0.1) is 11.8 Å². The molecule has 1 aromatic carbocycles. The Morgan fingerprint density at radius 1 is 1.43 bits per heavy atom. The summed E-state index contributed by atoms with van der Waals surface area (Å²) in [6.07, 6.45) is 0. The van der Waals surface area contributed by atoms with Gasteiger partial charge < -0.3 is 4.74 Å². The Kier molecular flexibility index (Phi) is 2.98. The summed E-state index contributed by atoms with van der Waals surface area (Å²) in [5, 5.41) is 1.21. The summed E-state index contributed by atoms with van der Waals surface area (Å²) in [5.41, 5.74) is 0.0801. The van der Waals surface area contributed by atoms with E-state index in [0.717, 1.165) is 17.3 Å². The molecule has 1 heterocycles. The summed E-state index contributed by atoms with van der Waals surface area (Å²) in [7, 11) is 0. The average molecular weight is 249 g/mol. The smallest absolute Gasteiger partial charge is 0.0981 e. The summed E-state index contributed by atoms with van der Waals surface area (Å²) in [5.74, 6) is 0.963. The molecule has 0 bridgehead atoms. The van der Waals surface area contributed by atoms with Crippen molar-refractivity contribution < 1.29 is 4.74 Å². The summed E-state index contributed by atoms with van der Waals surface area (Å²) < 4.78 is 5.29. The van der Waals surface area contributed by atoms with E-state index in [1.54, 1.807) is 11.8 Å². The Labute approximate surface area is 97.7 Å². The highest BCUT2D eigenvalue weighted by molar-refractivity contribution is 7.99. The van der Waals surface area contributed by atoms with E-state index < -0.39 is 0 Å². The van der Waals surface area contributed by atoms with Crippen molar-refractivity contribution in [3.8, 4) is 0 Å². The van der Waals surface area contributed by atoms with E-state index in [-0.39, 0.29) is 5.60 Å². The van der Waals surface area contributed by atoms with Crippen molar-refractivity contribution in [1.82, 2.24) is 0 Å². The van der Waals surface area contributed by atoms with Crippen molar-refractivity contribution in [2.45, 2.75) is 17.4 Å². The van der Waals surface area contributed by atoms with Crippen LogP contribution in [-0.2, 0) is 4.74 Å². The van der Waals surface area contributed by atoms with E-state index in [9.17, 15) is 0 Å². The zero-order valence-corrected chi connectivity index (χ0v) is 10.0. The van der Waals surface area contributed by atoms with E-state index in [0.29, 0.717) is 10.0 Å². The predicted molar refractivity (Wildman–Crippen MR) is 61.5 cm³/mol. The highest BCUT2D eigenvalue weighted by atomic mass is 35.5. The first kappa shape index (κ1) is 10.6. The molecule has 0 spiro atoms. The van der Waals surface area contributed by atoms with E-state index in [1.807, 2.05) is 18.2 Å². The number of benzene rings is 1. The molecule has 1 saturated heterocycles. The minimum absolute atomic E-state index is 0.0801. The number of epoxide rings is 1. The Balaban J connectivity index is 1.99. The van der Waals surface area contributed by atoms with Crippen LogP contribution in [0.5, 0.6) is 0 Å². The normalized spacial score (nSPS) is 25.1. The van der Waals surface area contributed by atoms with Crippen molar-refractivity contribution in [3.05, 3.63) is 28.2 Å². The summed E-state index contributed by atoms with van der Waals surface area (Å²) >= 11 is 13.5.